The third-order valence-corrected chi connectivity index (χ3v) is 2.66. The maximum atomic E-state index is 10.9. The summed E-state index contributed by atoms with van der Waals surface area (Å²) in [5.41, 5.74) is -0.628. The molecule has 5 nitrogen and oxygen atoms in total. The normalized spacial score (nSPS) is 16.4. The van der Waals surface area contributed by atoms with Gasteiger partial charge in [-0.25, -0.2) is 0 Å². The first-order valence-electron chi connectivity index (χ1n) is 6.27. The summed E-state index contributed by atoms with van der Waals surface area (Å²) in [6.07, 6.45) is -1.06. The Balaban J connectivity index is 2.66. The van der Waals surface area contributed by atoms with E-state index in [1.165, 1.54) is 13.8 Å². The second-order valence-corrected chi connectivity index (χ2v) is 4.83. The molecule has 0 spiro atoms. The molecule has 108 valence electrons. The van der Waals surface area contributed by atoms with Crippen LogP contribution in [0.5, 0.6) is 0 Å². The van der Waals surface area contributed by atoms with Gasteiger partial charge >= 0.3 is 5.97 Å². The van der Waals surface area contributed by atoms with E-state index in [0.29, 0.717) is 0 Å². The van der Waals surface area contributed by atoms with Gasteiger partial charge in [0, 0.05) is 12.1 Å². The zero-order valence-electron chi connectivity index (χ0n) is 11.5. The van der Waals surface area contributed by atoms with Crippen molar-refractivity contribution in [2.24, 2.45) is 0 Å². The van der Waals surface area contributed by atoms with Crippen molar-refractivity contribution in [1.29, 1.82) is 0 Å². The molecule has 0 aliphatic carbocycles. The predicted molar refractivity (Wildman–Crippen MR) is 75.1 cm³/mol. The first-order valence-corrected chi connectivity index (χ1v) is 6.27. The topological polar surface area (TPSA) is 89.8 Å². The molecule has 0 fully saturated rings. The minimum absolute atomic E-state index is 0.0608. The molecule has 3 atom stereocenters. The van der Waals surface area contributed by atoms with Crippen LogP contribution in [-0.2, 0) is 4.79 Å². The van der Waals surface area contributed by atoms with Crippen LogP contribution in [0.3, 0.4) is 0 Å². The number of carboxylic acids is 1. The molecule has 20 heavy (non-hydrogen) atoms. The minimum Gasteiger partial charge on any atom is -0.480 e. The highest BCUT2D eigenvalue weighted by Crippen LogP contribution is 2.03. The van der Waals surface area contributed by atoms with Crippen LogP contribution in [0.2, 0.25) is 0 Å². The Kier molecular flexibility index (Phi) is 5.71. The number of carboxylic acid groups (broad SMARTS) is 1. The van der Waals surface area contributed by atoms with Gasteiger partial charge in [-0.1, -0.05) is 30.0 Å². The van der Waals surface area contributed by atoms with Gasteiger partial charge in [0.25, 0.3) is 0 Å². The fourth-order valence-electron chi connectivity index (χ4n) is 1.55. The number of hydrogen-bond acceptors (Lipinski definition) is 4. The smallest absolute Gasteiger partial charge is 0.323 e. The number of aliphatic carboxylic acids is 1. The molecule has 0 heterocycles. The summed E-state index contributed by atoms with van der Waals surface area (Å²) in [7, 11) is 0. The number of aliphatic hydroxyl groups excluding tert-OH is 1. The molecule has 5 heteroatoms. The van der Waals surface area contributed by atoms with E-state index >= 15 is 0 Å². The molecule has 0 amide bonds. The van der Waals surface area contributed by atoms with Crippen LogP contribution in [0, 0.1) is 11.8 Å². The molecule has 0 saturated heterocycles. The van der Waals surface area contributed by atoms with Gasteiger partial charge in [0.1, 0.15) is 11.6 Å². The zero-order chi connectivity index (χ0) is 15.2. The molecule has 0 saturated carbocycles. The van der Waals surface area contributed by atoms with Crippen molar-refractivity contribution < 1.29 is 20.1 Å². The minimum atomic E-state index is -1.39. The summed E-state index contributed by atoms with van der Waals surface area (Å²) in [6, 6.07) is 8.03. The number of carbonyl (C=O) groups is 1. The van der Waals surface area contributed by atoms with Crippen LogP contribution in [-0.4, -0.2) is 45.6 Å². The van der Waals surface area contributed by atoms with Crippen molar-refractivity contribution in [3.8, 4) is 11.8 Å². The van der Waals surface area contributed by atoms with E-state index in [4.69, 9.17) is 5.11 Å². The highest BCUT2D eigenvalue weighted by atomic mass is 16.4. The summed E-state index contributed by atoms with van der Waals surface area (Å²) >= 11 is 0. The number of hydrogen-bond donors (Lipinski definition) is 4. The predicted octanol–water partition coefficient (Wildman–Crippen LogP) is 0.213. The molecule has 0 aliphatic rings. The van der Waals surface area contributed by atoms with Crippen LogP contribution in [0.4, 0.5) is 0 Å². The maximum Gasteiger partial charge on any atom is 0.323 e. The van der Waals surface area contributed by atoms with Gasteiger partial charge in [-0.3, -0.25) is 10.1 Å². The number of benzene rings is 1. The second kappa shape index (κ2) is 7.06. The average Bonchev–Trinajstić information content (AvgIpc) is 2.37. The fourth-order valence-corrected chi connectivity index (χ4v) is 1.55. The fraction of sp³-hybridized carbons (Fsp3) is 0.400. The Morgan fingerprint density at radius 3 is 2.50 bits per heavy atom. The average molecular weight is 277 g/mol. The van der Waals surface area contributed by atoms with Gasteiger partial charge in [-0.05, 0) is 26.0 Å². The van der Waals surface area contributed by atoms with Gasteiger partial charge in [0.05, 0.1) is 6.10 Å². The first kappa shape index (κ1) is 16.2. The van der Waals surface area contributed by atoms with Crippen molar-refractivity contribution in [3.05, 3.63) is 35.9 Å². The first-order chi connectivity index (χ1) is 9.32. The van der Waals surface area contributed by atoms with E-state index in [1.807, 2.05) is 30.3 Å². The number of nitrogens with one attached hydrogen (secondary N) is 1. The third kappa shape index (κ3) is 5.41. The molecule has 0 unspecified atom stereocenters. The number of aliphatic hydroxyl groups is 2. The molecule has 1 aromatic rings. The Hall–Kier alpha value is -1.87. The van der Waals surface area contributed by atoms with E-state index < -0.39 is 23.7 Å². The van der Waals surface area contributed by atoms with Gasteiger partial charge in [0.2, 0.25) is 0 Å². The molecule has 0 radical (unpaired) electrons. The highest BCUT2D eigenvalue weighted by Gasteiger charge is 2.26. The van der Waals surface area contributed by atoms with Crippen molar-refractivity contribution >= 4 is 5.97 Å². The van der Waals surface area contributed by atoms with Crippen molar-refractivity contribution in [3.63, 3.8) is 0 Å². The third-order valence-electron chi connectivity index (χ3n) is 2.66. The van der Waals surface area contributed by atoms with E-state index in [0.717, 1.165) is 5.56 Å². The lowest BCUT2D eigenvalue weighted by Gasteiger charge is -2.22. The Bertz CT molecular complexity index is 500. The molecule has 0 aromatic heterocycles. The lowest BCUT2D eigenvalue weighted by molar-refractivity contribution is -0.142. The standard InChI is InChI=1S/C15H19NO4/c1-11(17)13(14(18)19)16-10-15(2,20)9-8-12-6-4-3-5-7-12/h3-7,11,13,16-17,20H,10H2,1-2H3,(H,18,19)/t11-,13+,15+/m0/s1. The molecule has 4 N–H and O–H groups in total. The lowest BCUT2D eigenvalue weighted by atomic mass is 10.1. The van der Waals surface area contributed by atoms with E-state index in [-0.39, 0.29) is 6.54 Å². The summed E-state index contributed by atoms with van der Waals surface area (Å²) in [6.45, 7) is 2.79. The summed E-state index contributed by atoms with van der Waals surface area (Å²) in [5, 5.41) is 30.9. The Morgan fingerprint density at radius 1 is 1.40 bits per heavy atom. The zero-order valence-corrected chi connectivity index (χ0v) is 11.5. The van der Waals surface area contributed by atoms with Crippen LogP contribution >= 0.6 is 0 Å². The van der Waals surface area contributed by atoms with E-state index in [1.54, 1.807) is 0 Å². The van der Waals surface area contributed by atoms with E-state index in [2.05, 4.69) is 17.2 Å². The van der Waals surface area contributed by atoms with E-state index in [9.17, 15) is 15.0 Å². The lowest BCUT2D eigenvalue weighted by Crippen LogP contribution is -2.50. The molecule has 1 rings (SSSR count). The Labute approximate surface area is 118 Å². The van der Waals surface area contributed by atoms with Gasteiger partial charge < -0.3 is 15.3 Å². The summed E-state index contributed by atoms with van der Waals surface area (Å²) in [4.78, 5) is 10.9. The molecular weight excluding hydrogens is 258 g/mol. The van der Waals surface area contributed by atoms with Gasteiger partial charge in [-0.15, -0.1) is 0 Å². The largest absolute Gasteiger partial charge is 0.480 e. The molecule has 0 aliphatic heterocycles. The van der Waals surface area contributed by atoms with Crippen LogP contribution in [0.1, 0.15) is 19.4 Å². The molecule has 0 bridgehead atoms. The van der Waals surface area contributed by atoms with Crippen LogP contribution in [0.25, 0.3) is 0 Å². The van der Waals surface area contributed by atoms with Crippen LogP contribution in [0.15, 0.2) is 30.3 Å². The quantitative estimate of drug-likeness (QED) is 0.578. The van der Waals surface area contributed by atoms with Gasteiger partial charge in [-0.2, -0.15) is 0 Å². The monoisotopic (exact) mass is 277 g/mol. The van der Waals surface area contributed by atoms with Gasteiger partial charge in [0.15, 0.2) is 0 Å². The molecular formula is C15H19NO4. The van der Waals surface area contributed by atoms with Crippen molar-refractivity contribution in [2.75, 3.05) is 6.54 Å². The SMILES string of the molecule is C[C@H](O)[C@@H](NC[C@](C)(O)C#Cc1ccccc1)C(=O)O. The molecule has 1 aromatic carbocycles. The highest BCUT2D eigenvalue weighted by molar-refractivity contribution is 5.74. The second-order valence-electron chi connectivity index (χ2n) is 4.83. The summed E-state index contributed by atoms with van der Waals surface area (Å²) < 4.78 is 0. The summed E-state index contributed by atoms with van der Waals surface area (Å²) in [5.74, 6) is 4.32. The maximum absolute atomic E-state index is 10.9. The van der Waals surface area contributed by atoms with Crippen LogP contribution < -0.4 is 5.32 Å². The number of rotatable bonds is 5. The van der Waals surface area contributed by atoms with Crippen molar-refractivity contribution in [1.82, 2.24) is 5.32 Å². The van der Waals surface area contributed by atoms with Crippen molar-refractivity contribution in [2.45, 2.75) is 31.6 Å². The Morgan fingerprint density at radius 2 is 2.00 bits per heavy atom.